The van der Waals surface area contributed by atoms with Crippen LogP contribution in [-0.4, -0.2) is 93.9 Å². The average molecular weight is 724 g/mol. The summed E-state index contributed by atoms with van der Waals surface area (Å²) in [6.45, 7) is 4.55. The minimum absolute atomic E-state index is 0.0259. The molecule has 3 aromatic rings. The largest absolute Gasteiger partial charge is 0.488 e. The van der Waals surface area contributed by atoms with E-state index in [0.717, 1.165) is 37.1 Å². The number of likely N-dealkylation sites (tertiary alicyclic amines) is 1. The number of halogens is 2. The zero-order valence-corrected chi connectivity index (χ0v) is 29.6. The van der Waals surface area contributed by atoms with Crippen molar-refractivity contribution in [2.24, 2.45) is 0 Å². The Morgan fingerprint density at radius 2 is 1.92 bits per heavy atom. The van der Waals surface area contributed by atoms with Gasteiger partial charge in [0.25, 0.3) is 0 Å². The summed E-state index contributed by atoms with van der Waals surface area (Å²) < 4.78 is 19.4. The summed E-state index contributed by atoms with van der Waals surface area (Å²) in [4.78, 5) is 5.32. The molecule has 0 radical (unpaired) electrons. The highest BCUT2D eigenvalue weighted by molar-refractivity contribution is 6.32. The first-order chi connectivity index (χ1) is 24.2. The molecule has 2 unspecified atom stereocenters. The molecule has 2 aliphatic rings. The summed E-state index contributed by atoms with van der Waals surface area (Å²) in [6.07, 6.45) is 10.2. The lowest BCUT2D eigenvalue weighted by molar-refractivity contribution is -0.0540. The van der Waals surface area contributed by atoms with Gasteiger partial charge >= 0.3 is 0 Å². The van der Waals surface area contributed by atoms with Gasteiger partial charge in [-0.15, -0.1) is 11.6 Å². The molecule has 1 aromatic heterocycles. The molecule has 4 N–H and O–H groups in total. The summed E-state index contributed by atoms with van der Waals surface area (Å²) in [5, 5.41) is 41.9. The molecule has 12 heteroatoms. The lowest BCUT2D eigenvalue weighted by atomic mass is 9.76. The van der Waals surface area contributed by atoms with Gasteiger partial charge in [-0.05, 0) is 49.1 Å². The Morgan fingerprint density at radius 3 is 2.64 bits per heavy atom. The van der Waals surface area contributed by atoms with E-state index >= 15 is 0 Å². The molecule has 5 rings (SSSR count). The highest BCUT2D eigenvalue weighted by Crippen LogP contribution is 2.47. The van der Waals surface area contributed by atoms with Crippen molar-refractivity contribution in [1.82, 2.24) is 15.2 Å². The number of aromatic nitrogens is 1. The van der Waals surface area contributed by atoms with Crippen molar-refractivity contribution < 1.29 is 29.5 Å². The SMILES string of the molecule is C[C@@]1(Cl)C(c2ccccc2)=CC=CC1(COc1cc(OCc2cncc(C#N)c2)c(CNC(CO)CO)cc1Cl)OCCCN1CCC(O)C1. The van der Waals surface area contributed by atoms with Crippen molar-refractivity contribution in [2.75, 3.05) is 46.1 Å². The molecule has 1 aliphatic heterocycles. The van der Waals surface area contributed by atoms with Crippen molar-refractivity contribution in [3.8, 4) is 17.6 Å². The van der Waals surface area contributed by atoms with Gasteiger partial charge in [0.2, 0.25) is 0 Å². The Bertz CT molecular complexity index is 1680. The fourth-order valence-electron chi connectivity index (χ4n) is 6.17. The maximum Gasteiger partial charge on any atom is 0.143 e. The van der Waals surface area contributed by atoms with Crippen LogP contribution in [-0.2, 0) is 17.9 Å². The van der Waals surface area contributed by atoms with Crippen LogP contribution in [0.2, 0.25) is 5.02 Å². The number of hydrogen-bond acceptors (Lipinski definition) is 10. The van der Waals surface area contributed by atoms with E-state index in [1.54, 1.807) is 24.4 Å². The number of benzene rings is 2. The maximum absolute atomic E-state index is 9.95. The van der Waals surface area contributed by atoms with Crippen LogP contribution < -0.4 is 14.8 Å². The first-order valence-electron chi connectivity index (χ1n) is 16.7. The van der Waals surface area contributed by atoms with Gasteiger partial charge < -0.3 is 39.7 Å². The number of aliphatic hydroxyl groups excluding tert-OH is 3. The summed E-state index contributed by atoms with van der Waals surface area (Å²) in [6, 6.07) is 16.6. The van der Waals surface area contributed by atoms with E-state index in [0.29, 0.717) is 46.4 Å². The van der Waals surface area contributed by atoms with Gasteiger partial charge in [-0.1, -0.05) is 54.1 Å². The highest BCUT2D eigenvalue weighted by Gasteiger charge is 2.51. The number of allylic oxidation sites excluding steroid dienone is 2. The fraction of sp³-hybridized carbons (Fsp3) is 0.421. The zero-order valence-electron chi connectivity index (χ0n) is 28.1. The van der Waals surface area contributed by atoms with E-state index < -0.39 is 16.5 Å². The van der Waals surface area contributed by atoms with Crippen molar-refractivity contribution in [3.63, 3.8) is 0 Å². The number of nitrogens with one attached hydrogen (secondary N) is 1. The van der Waals surface area contributed by atoms with Crippen LogP contribution >= 0.6 is 23.2 Å². The Kier molecular flexibility index (Phi) is 13.3. The molecule has 0 saturated carbocycles. The molecule has 50 heavy (non-hydrogen) atoms. The van der Waals surface area contributed by atoms with Gasteiger partial charge in [-0.2, -0.15) is 5.26 Å². The number of ether oxygens (including phenoxy) is 3. The van der Waals surface area contributed by atoms with Gasteiger partial charge in [-0.3, -0.25) is 4.98 Å². The van der Waals surface area contributed by atoms with E-state index in [4.69, 9.17) is 37.4 Å². The van der Waals surface area contributed by atoms with E-state index in [9.17, 15) is 20.6 Å². The molecule has 1 aliphatic carbocycles. The molecule has 3 atom stereocenters. The topological polar surface area (TPSA) is 140 Å². The quantitative estimate of drug-likeness (QED) is 0.113. The van der Waals surface area contributed by atoms with E-state index in [2.05, 4.69) is 21.3 Å². The van der Waals surface area contributed by atoms with Crippen LogP contribution in [0.25, 0.3) is 5.57 Å². The van der Waals surface area contributed by atoms with Crippen LogP contribution in [0, 0.1) is 11.3 Å². The molecule has 1 saturated heterocycles. The Morgan fingerprint density at radius 1 is 1.12 bits per heavy atom. The average Bonchev–Trinajstić information content (AvgIpc) is 3.55. The molecule has 0 amide bonds. The van der Waals surface area contributed by atoms with Crippen molar-refractivity contribution in [1.29, 1.82) is 5.26 Å². The number of nitrogens with zero attached hydrogens (tertiary/aromatic N) is 3. The minimum Gasteiger partial charge on any atom is -0.488 e. The van der Waals surface area contributed by atoms with Crippen LogP contribution in [0.3, 0.4) is 0 Å². The second-order valence-corrected chi connectivity index (χ2v) is 13.9. The Balaban J connectivity index is 1.40. The third kappa shape index (κ3) is 9.23. The molecule has 2 heterocycles. The van der Waals surface area contributed by atoms with Gasteiger partial charge in [0.15, 0.2) is 0 Å². The van der Waals surface area contributed by atoms with Crippen LogP contribution in [0.5, 0.6) is 11.5 Å². The second kappa shape index (κ2) is 17.6. The summed E-state index contributed by atoms with van der Waals surface area (Å²) in [7, 11) is 0. The Labute approximate surface area is 303 Å². The predicted octanol–water partition coefficient (Wildman–Crippen LogP) is 4.87. The van der Waals surface area contributed by atoms with Gasteiger partial charge in [-0.25, -0.2) is 0 Å². The lowest BCUT2D eigenvalue weighted by Gasteiger charge is -2.45. The summed E-state index contributed by atoms with van der Waals surface area (Å²) >= 11 is 14.3. The van der Waals surface area contributed by atoms with Crippen LogP contribution in [0.15, 0.2) is 79.2 Å². The van der Waals surface area contributed by atoms with E-state index in [1.807, 2.05) is 55.5 Å². The lowest BCUT2D eigenvalue weighted by Crippen LogP contribution is -2.55. The fourth-order valence-corrected chi connectivity index (χ4v) is 6.75. The van der Waals surface area contributed by atoms with Crippen molar-refractivity contribution >= 4 is 28.8 Å². The monoisotopic (exact) mass is 722 g/mol. The number of alkyl halides is 1. The van der Waals surface area contributed by atoms with E-state index in [1.165, 1.54) is 6.20 Å². The molecule has 10 nitrogen and oxygen atoms in total. The highest BCUT2D eigenvalue weighted by atomic mass is 35.5. The van der Waals surface area contributed by atoms with Gasteiger partial charge in [0.1, 0.15) is 41.3 Å². The van der Waals surface area contributed by atoms with Gasteiger partial charge in [0.05, 0.1) is 35.9 Å². The number of β-amino-alcohol motifs (C(OH)–C–C–N with tert-alkyl or cyclic N) is 1. The number of hydrogen-bond donors (Lipinski definition) is 4. The number of rotatable bonds is 17. The minimum atomic E-state index is -1.09. The molecular formula is C38H44Cl2N4O6. The third-order valence-electron chi connectivity index (χ3n) is 9.14. The van der Waals surface area contributed by atoms with Crippen LogP contribution in [0.4, 0.5) is 0 Å². The van der Waals surface area contributed by atoms with Crippen molar-refractivity contribution in [2.45, 2.75) is 55.5 Å². The third-order valence-corrected chi connectivity index (χ3v) is 9.96. The molecule has 266 valence electrons. The second-order valence-electron chi connectivity index (χ2n) is 12.7. The summed E-state index contributed by atoms with van der Waals surface area (Å²) in [5.74, 6) is 0.801. The van der Waals surface area contributed by atoms with Crippen LogP contribution in [0.1, 0.15) is 42.0 Å². The Hall–Kier alpha value is -3.50. The van der Waals surface area contributed by atoms with E-state index in [-0.39, 0.29) is 39.1 Å². The first-order valence-corrected chi connectivity index (χ1v) is 17.5. The molecular weight excluding hydrogens is 679 g/mol. The van der Waals surface area contributed by atoms with Crippen molar-refractivity contribution in [3.05, 3.63) is 106 Å². The number of aliphatic hydroxyl groups is 3. The molecule has 0 bridgehead atoms. The normalized spacial score (nSPS) is 22.0. The summed E-state index contributed by atoms with van der Waals surface area (Å²) in [5.41, 5.74) is 2.55. The molecule has 2 aromatic carbocycles. The first kappa shape index (κ1) is 37.7. The standard InChI is InChI=1S/C38H44Cl2N4O6/c1-37(40)33(29-7-3-2-4-8-29)9-5-11-38(37,50-14-6-12-44-13-10-32(47)22-44)26-49-36-17-35(48-25-28-15-27(18-41)19-42-20-28)30(16-34(36)39)21-43-31(23-45)24-46/h2-5,7-9,11,15-17,19-20,31-32,43,45-47H,6,10,12-14,21-26H2,1H3/t32?,37-,38?/m1/s1. The smallest absolute Gasteiger partial charge is 0.143 e. The van der Waals surface area contributed by atoms with Gasteiger partial charge in [0, 0.05) is 62.4 Å². The molecule has 1 fully saturated rings. The number of nitriles is 1. The number of pyridine rings is 1. The maximum atomic E-state index is 9.95. The predicted molar refractivity (Wildman–Crippen MR) is 193 cm³/mol. The molecule has 0 spiro atoms. The zero-order chi connectivity index (χ0) is 35.6.